The van der Waals surface area contributed by atoms with Crippen molar-refractivity contribution in [1.29, 1.82) is 0 Å². The maximum atomic E-state index is 5.66. The maximum Gasteiger partial charge on any atom is 0.318 e. The molecule has 5 heteroatoms. The van der Waals surface area contributed by atoms with Gasteiger partial charge in [0.05, 0.1) is 6.54 Å². The molecule has 0 atom stereocenters. The van der Waals surface area contributed by atoms with E-state index in [-0.39, 0.29) is 0 Å². The lowest BCUT2D eigenvalue weighted by atomic mass is 10.0. The largest absolute Gasteiger partial charge is 0.407 e. The lowest BCUT2D eigenvalue weighted by Crippen LogP contribution is -2.26. The molecule has 5 nitrogen and oxygen atoms in total. The van der Waals surface area contributed by atoms with Gasteiger partial charge in [0, 0.05) is 13.1 Å². The second kappa shape index (κ2) is 5.40. The Morgan fingerprint density at radius 2 is 1.84 bits per heavy atom. The summed E-state index contributed by atoms with van der Waals surface area (Å²) < 4.78 is 5.66. The fourth-order valence-electron chi connectivity index (χ4n) is 2.45. The van der Waals surface area contributed by atoms with Crippen LogP contribution in [0.25, 0.3) is 0 Å². The molecule has 0 unspecified atom stereocenters. The van der Waals surface area contributed by atoms with Crippen LogP contribution in [0.1, 0.15) is 17.0 Å². The lowest BCUT2D eigenvalue weighted by Gasteiger charge is -2.16. The van der Waals surface area contributed by atoms with E-state index in [1.165, 1.54) is 11.1 Å². The number of aromatic nitrogens is 2. The van der Waals surface area contributed by atoms with E-state index in [9.17, 15) is 0 Å². The average molecular weight is 258 g/mol. The molecule has 2 aromatic rings. The first kappa shape index (κ1) is 12.2. The molecule has 100 valence electrons. The third kappa shape index (κ3) is 2.61. The number of hydrogen-bond acceptors (Lipinski definition) is 5. The first-order valence-corrected chi connectivity index (χ1v) is 6.65. The van der Waals surface area contributed by atoms with Gasteiger partial charge in [-0.25, -0.2) is 0 Å². The molecule has 1 aliphatic rings. The van der Waals surface area contributed by atoms with Gasteiger partial charge in [0.2, 0.25) is 5.89 Å². The molecule has 0 aliphatic carbocycles. The van der Waals surface area contributed by atoms with Crippen LogP contribution in [0, 0.1) is 0 Å². The van der Waals surface area contributed by atoms with Crippen LogP contribution in [0.2, 0.25) is 0 Å². The van der Waals surface area contributed by atoms with Gasteiger partial charge < -0.3 is 14.6 Å². The molecule has 0 saturated carbocycles. The van der Waals surface area contributed by atoms with Crippen LogP contribution in [-0.4, -0.2) is 30.3 Å². The van der Waals surface area contributed by atoms with Crippen molar-refractivity contribution in [1.82, 2.24) is 15.5 Å². The molecule has 0 bridgehead atoms. The molecule has 1 aliphatic heterocycles. The topological polar surface area (TPSA) is 54.2 Å². The monoisotopic (exact) mass is 258 g/mol. The van der Waals surface area contributed by atoms with Crippen molar-refractivity contribution in [2.75, 3.05) is 25.0 Å². The average Bonchev–Trinajstić information content (AvgIpc) is 2.79. The van der Waals surface area contributed by atoms with E-state index in [4.69, 9.17) is 4.42 Å². The number of hydrogen-bond donors (Lipinski definition) is 1. The highest BCUT2D eigenvalue weighted by Gasteiger charge is 2.18. The number of anilines is 1. The Bertz CT molecular complexity index is 525. The van der Waals surface area contributed by atoms with E-state index in [2.05, 4.69) is 44.7 Å². The molecule has 2 heterocycles. The second-order valence-corrected chi connectivity index (χ2v) is 4.76. The van der Waals surface area contributed by atoms with Crippen LogP contribution in [0.4, 0.5) is 6.01 Å². The first-order chi connectivity index (χ1) is 9.36. The second-order valence-electron chi connectivity index (χ2n) is 4.76. The Morgan fingerprint density at radius 1 is 1.16 bits per heavy atom. The fourth-order valence-corrected chi connectivity index (χ4v) is 2.45. The highest BCUT2D eigenvalue weighted by atomic mass is 16.4. The summed E-state index contributed by atoms with van der Waals surface area (Å²) >= 11 is 0. The standard InChI is InChI=1S/C14H18N4O/c1-15-10-13-16-17-14(19-13)18-8-6-11-4-2-3-5-12(11)7-9-18/h2-5,15H,6-10H2,1H3. The smallest absolute Gasteiger partial charge is 0.318 e. The predicted molar refractivity (Wildman–Crippen MR) is 73.1 cm³/mol. The Morgan fingerprint density at radius 3 is 2.47 bits per heavy atom. The zero-order chi connectivity index (χ0) is 13.1. The molecule has 0 spiro atoms. The summed E-state index contributed by atoms with van der Waals surface area (Å²) in [5, 5.41) is 11.2. The molecule has 0 radical (unpaired) electrons. The molecule has 3 rings (SSSR count). The molecule has 0 fully saturated rings. The molecule has 0 amide bonds. The summed E-state index contributed by atoms with van der Waals surface area (Å²) in [5.74, 6) is 0.638. The maximum absolute atomic E-state index is 5.66. The number of fused-ring (bicyclic) bond motifs is 1. The third-order valence-electron chi connectivity index (χ3n) is 3.48. The van der Waals surface area contributed by atoms with Crippen molar-refractivity contribution < 1.29 is 4.42 Å². The zero-order valence-electron chi connectivity index (χ0n) is 11.1. The van der Waals surface area contributed by atoms with Crippen LogP contribution in [0.3, 0.4) is 0 Å². The van der Waals surface area contributed by atoms with Gasteiger partial charge in [0.1, 0.15) is 0 Å². The Kier molecular flexibility index (Phi) is 3.46. The Labute approximate surface area is 112 Å². The van der Waals surface area contributed by atoms with Crippen molar-refractivity contribution in [3.05, 3.63) is 41.3 Å². The predicted octanol–water partition coefficient (Wildman–Crippen LogP) is 1.39. The van der Waals surface area contributed by atoms with Crippen molar-refractivity contribution >= 4 is 6.01 Å². The van der Waals surface area contributed by atoms with Crippen molar-refractivity contribution in [2.24, 2.45) is 0 Å². The number of benzene rings is 1. The van der Waals surface area contributed by atoms with Gasteiger partial charge in [-0.15, -0.1) is 5.10 Å². The number of rotatable bonds is 3. The van der Waals surface area contributed by atoms with E-state index in [0.717, 1.165) is 25.9 Å². The summed E-state index contributed by atoms with van der Waals surface area (Å²) in [6.07, 6.45) is 2.06. The van der Waals surface area contributed by atoms with Gasteiger partial charge >= 0.3 is 6.01 Å². The Balaban J connectivity index is 1.74. The lowest BCUT2D eigenvalue weighted by molar-refractivity contribution is 0.471. The molecule has 1 aromatic carbocycles. The first-order valence-electron chi connectivity index (χ1n) is 6.65. The van der Waals surface area contributed by atoms with Crippen LogP contribution in [-0.2, 0) is 19.4 Å². The molecular weight excluding hydrogens is 240 g/mol. The van der Waals surface area contributed by atoms with Crippen LogP contribution in [0.5, 0.6) is 0 Å². The molecule has 1 N–H and O–H groups in total. The van der Waals surface area contributed by atoms with Gasteiger partial charge in [0.15, 0.2) is 0 Å². The molecule has 0 saturated heterocycles. The summed E-state index contributed by atoms with van der Waals surface area (Å²) in [6.45, 7) is 2.47. The summed E-state index contributed by atoms with van der Waals surface area (Å²) in [7, 11) is 1.87. The number of nitrogens with one attached hydrogen (secondary N) is 1. The summed E-state index contributed by atoms with van der Waals surface area (Å²) in [4.78, 5) is 2.17. The highest BCUT2D eigenvalue weighted by molar-refractivity contribution is 5.34. The van der Waals surface area contributed by atoms with Gasteiger partial charge in [-0.1, -0.05) is 29.4 Å². The van der Waals surface area contributed by atoms with Crippen LogP contribution < -0.4 is 10.2 Å². The van der Waals surface area contributed by atoms with E-state index in [1.807, 2.05) is 7.05 Å². The van der Waals surface area contributed by atoms with Gasteiger partial charge in [-0.05, 0) is 31.0 Å². The van der Waals surface area contributed by atoms with Gasteiger partial charge in [-0.2, -0.15) is 0 Å². The molecule has 1 aromatic heterocycles. The SMILES string of the molecule is CNCc1nnc(N2CCc3ccccc3CC2)o1. The van der Waals surface area contributed by atoms with Crippen LogP contribution >= 0.6 is 0 Å². The Hall–Kier alpha value is -1.88. The normalized spacial score (nSPS) is 15.1. The minimum atomic E-state index is 0.612. The highest BCUT2D eigenvalue weighted by Crippen LogP contribution is 2.19. The molecular formula is C14H18N4O. The van der Waals surface area contributed by atoms with E-state index in [0.29, 0.717) is 18.5 Å². The third-order valence-corrected chi connectivity index (χ3v) is 3.48. The van der Waals surface area contributed by atoms with Gasteiger partial charge in [-0.3, -0.25) is 0 Å². The van der Waals surface area contributed by atoms with Crippen molar-refractivity contribution in [3.63, 3.8) is 0 Å². The zero-order valence-corrected chi connectivity index (χ0v) is 11.1. The number of nitrogens with zero attached hydrogens (tertiary/aromatic N) is 3. The van der Waals surface area contributed by atoms with Crippen LogP contribution in [0.15, 0.2) is 28.7 Å². The van der Waals surface area contributed by atoms with Gasteiger partial charge in [0.25, 0.3) is 0 Å². The minimum absolute atomic E-state index is 0.612. The van der Waals surface area contributed by atoms with E-state index >= 15 is 0 Å². The van der Waals surface area contributed by atoms with E-state index < -0.39 is 0 Å². The van der Waals surface area contributed by atoms with Crippen molar-refractivity contribution in [3.8, 4) is 0 Å². The van der Waals surface area contributed by atoms with E-state index in [1.54, 1.807) is 0 Å². The minimum Gasteiger partial charge on any atom is -0.407 e. The quantitative estimate of drug-likeness (QED) is 0.901. The summed E-state index contributed by atoms with van der Waals surface area (Å²) in [6, 6.07) is 9.26. The molecule has 19 heavy (non-hydrogen) atoms. The summed E-state index contributed by atoms with van der Waals surface area (Å²) in [5.41, 5.74) is 2.86. The van der Waals surface area contributed by atoms with Crippen molar-refractivity contribution in [2.45, 2.75) is 19.4 Å². The fraction of sp³-hybridized carbons (Fsp3) is 0.429.